The predicted octanol–water partition coefficient (Wildman–Crippen LogP) is 5.72. The Hall–Kier alpha value is -4.06. The van der Waals surface area contributed by atoms with E-state index in [-0.39, 0.29) is 11.2 Å². The van der Waals surface area contributed by atoms with Gasteiger partial charge in [0.25, 0.3) is 0 Å². The number of ketones is 1. The van der Waals surface area contributed by atoms with E-state index in [4.69, 9.17) is 0 Å². The van der Waals surface area contributed by atoms with Crippen molar-refractivity contribution in [2.24, 2.45) is 0 Å². The van der Waals surface area contributed by atoms with Crippen molar-refractivity contribution >= 4 is 11.4 Å². The average molecular weight is 466 g/mol. The summed E-state index contributed by atoms with van der Waals surface area (Å²) in [6, 6.07) is 24.1. The lowest BCUT2D eigenvalue weighted by Crippen LogP contribution is -2.13. The second-order valence-corrected chi connectivity index (χ2v) is 9.99. The second-order valence-electron chi connectivity index (χ2n) is 9.99. The molecular formula is C29H31N5O. The van der Waals surface area contributed by atoms with E-state index >= 15 is 0 Å². The molecule has 0 aliphatic rings. The third-order valence-electron chi connectivity index (χ3n) is 5.83. The van der Waals surface area contributed by atoms with E-state index in [0.717, 1.165) is 22.4 Å². The lowest BCUT2D eigenvalue weighted by atomic mass is 9.86. The summed E-state index contributed by atoms with van der Waals surface area (Å²) in [7, 11) is 3.75. The molecule has 0 saturated heterocycles. The van der Waals surface area contributed by atoms with Gasteiger partial charge < -0.3 is 4.90 Å². The highest BCUT2D eigenvalue weighted by atomic mass is 16.1. The molecule has 0 atom stereocenters. The monoisotopic (exact) mass is 465 g/mol. The van der Waals surface area contributed by atoms with Crippen LogP contribution in [0.15, 0.2) is 79.0 Å². The zero-order chi connectivity index (χ0) is 25.2. The number of carbonyl (C=O) groups is 1. The molecule has 0 aliphatic carbocycles. The molecule has 1 heterocycles. The SMILES string of the molecule is Cc1ccc(-n2nnnc2C(=CN(C)C)C(=O)c2cccc(-c3ccc(C(C)(C)C)cc3)c2)cc1. The maximum atomic E-state index is 13.8. The lowest BCUT2D eigenvalue weighted by molar-refractivity contribution is 0.105. The van der Waals surface area contributed by atoms with Gasteiger partial charge in [0.15, 0.2) is 11.6 Å². The Kier molecular flexibility index (Phi) is 6.65. The highest BCUT2D eigenvalue weighted by molar-refractivity contribution is 6.28. The van der Waals surface area contributed by atoms with Gasteiger partial charge in [-0.1, -0.05) is 80.9 Å². The standard InChI is InChI=1S/C29H31N5O/c1-20-10-16-25(17-11-20)34-28(30-31-32-34)26(19-33(5)6)27(35)23-9-7-8-22(18-23)21-12-14-24(15-13-21)29(2,3)4/h7-19H,1-6H3. The number of allylic oxidation sites excluding steroid dienone is 1. The van der Waals surface area contributed by atoms with E-state index in [9.17, 15) is 4.79 Å². The minimum atomic E-state index is -0.143. The molecule has 0 unspecified atom stereocenters. The van der Waals surface area contributed by atoms with Gasteiger partial charge in [-0.05, 0) is 57.7 Å². The molecule has 0 radical (unpaired) electrons. The van der Waals surface area contributed by atoms with Crippen LogP contribution >= 0.6 is 0 Å². The summed E-state index contributed by atoms with van der Waals surface area (Å²) in [5.41, 5.74) is 6.33. The molecule has 178 valence electrons. The van der Waals surface area contributed by atoms with Crippen LogP contribution in [-0.4, -0.2) is 45.0 Å². The van der Waals surface area contributed by atoms with Crippen molar-refractivity contribution in [3.63, 3.8) is 0 Å². The topological polar surface area (TPSA) is 63.9 Å². The fraction of sp³-hybridized carbons (Fsp3) is 0.241. The first-order chi connectivity index (χ1) is 16.6. The molecule has 6 nitrogen and oxygen atoms in total. The van der Waals surface area contributed by atoms with Crippen LogP contribution in [0.2, 0.25) is 0 Å². The molecule has 1 aromatic heterocycles. The minimum absolute atomic E-state index is 0.0870. The Balaban J connectivity index is 1.72. The number of carbonyl (C=O) groups excluding carboxylic acids is 1. The number of rotatable bonds is 6. The van der Waals surface area contributed by atoms with E-state index in [1.54, 1.807) is 10.9 Å². The highest BCUT2D eigenvalue weighted by Gasteiger charge is 2.22. The summed E-state index contributed by atoms with van der Waals surface area (Å²) in [5, 5.41) is 12.2. The minimum Gasteiger partial charge on any atom is -0.383 e. The predicted molar refractivity (Wildman–Crippen MR) is 140 cm³/mol. The van der Waals surface area contributed by atoms with Crippen LogP contribution < -0.4 is 0 Å². The number of tetrazole rings is 1. The molecule has 4 rings (SSSR count). The number of hydrogen-bond acceptors (Lipinski definition) is 5. The molecule has 0 saturated carbocycles. The number of aryl methyl sites for hydroxylation is 1. The van der Waals surface area contributed by atoms with Crippen LogP contribution in [0.4, 0.5) is 0 Å². The summed E-state index contributed by atoms with van der Waals surface area (Å²) in [6.07, 6.45) is 1.77. The largest absolute Gasteiger partial charge is 0.383 e. The fourth-order valence-corrected chi connectivity index (χ4v) is 3.85. The van der Waals surface area contributed by atoms with E-state index in [1.165, 1.54) is 5.56 Å². The van der Waals surface area contributed by atoms with Crippen molar-refractivity contribution < 1.29 is 4.79 Å². The first-order valence-corrected chi connectivity index (χ1v) is 11.6. The Labute approximate surface area is 206 Å². The van der Waals surface area contributed by atoms with Gasteiger partial charge in [0.2, 0.25) is 0 Å². The van der Waals surface area contributed by atoms with Crippen molar-refractivity contribution in [3.8, 4) is 16.8 Å². The Morgan fingerprint density at radius 1 is 0.914 bits per heavy atom. The number of aromatic nitrogens is 4. The number of Topliss-reactive ketones (excluding diaryl/α,β-unsaturated/α-hetero) is 1. The molecule has 6 heteroatoms. The van der Waals surface area contributed by atoms with E-state index in [0.29, 0.717) is 17.0 Å². The van der Waals surface area contributed by atoms with Crippen molar-refractivity contribution in [3.05, 3.63) is 102 Å². The molecule has 0 N–H and O–H groups in total. The zero-order valence-electron chi connectivity index (χ0n) is 21.1. The number of nitrogens with zero attached hydrogens (tertiary/aromatic N) is 5. The fourth-order valence-electron chi connectivity index (χ4n) is 3.85. The second kappa shape index (κ2) is 9.66. The third-order valence-corrected chi connectivity index (χ3v) is 5.83. The van der Waals surface area contributed by atoms with E-state index < -0.39 is 0 Å². The zero-order valence-corrected chi connectivity index (χ0v) is 21.1. The maximum Gasteiger partial charge on any atom is 0.198 e. The molecule has 35 heavy (non-hydrogen) atoms. The smallest absolute Gasteiger partial charge is 0.198 e. The first kappa shape index (κ1) is 24.1. The van der Waals surface area contributed by atoms with Crippen molar-refractivity contribution in [1.82, 2.24) is 25.1 Å². The van der Waals surface area contributed by atoms with Crippen LogP contribution in [0, 0.1) is 6.92 Å². The summed E-state index contributed by atoms with van der Waals surface area (Å²) in [6.45, 7) is 8.62. The van der Waals surface area contributed by atoms with Gasteiger partial charge >= 0.3 is 0 Å². The van der Waals surface area contributed by atoms with Crippen molar-refractivity contribution in [2.45, 2.75) is 33.1 Å². The van der Waals surface area contributed by atoms with Gasteiger partial charge in [0, 0.05) is 25.9 Å². The molecular weight excluding hydrogens is 434 g/mol. The quantitative estimate of drug-likeness (QED) is 0.269. The Bertz CT molecular complexity index is 1360. The van der Waals surface area contributed by atoms with E-state index in [2.05, 4.69) is 60.6 Å². The molecule has 0 fully saturated rings. The Morgan fingerprint density at radius 2 is 1.60 bits per heavy atom. The molecule has 0 spiro atoms. The summed E-state index contributed by atoms with van der Waals surface area (Å²) in [5.74, 6) is 0.252. The summed E-state index contributed by atoms with van der Waals surface area (Å²) < 4.78 is 1.60. The number of benzene rings is 3. The van der Waals surface area contributed by atoms with Gasteiger partial charge in [-0.3, -0.25) is 4.79 Å². The maximum absolute atomic E-state index is 13.8. The van der Waals surface area contributed by atoms with Gasteiger partial charge in [-0.25, -0.2) is 0 Å². The summed E-state index contributed by atoms with van der Waals surface area (Å²) in [4.78, 5) is 15.6. The third kappa shape index (κ3) is 5.38. The lowest BCUT2D eigenvalue weighted by Gasteiger charge is -2.19. The van der Waals surface area contributed by atoms with Crippen LogP contribution in [0.1, 0.15) is 48.1 Å². The highest BCUT2D eigenvalue weighted by Crippen LogP contribution is 2.28. The van der Waals surface area contributed by atoms with Gasteiger partial charge in [0.05, 0.1) is 11.3 Å². The van der Waals surface area contributed by atoms with Crippen LogP contribution in [-0.2, 0) is 5.41 Å². The van der Waals surface area contributed by atoms with Gasteiger partial charge in [-0.2, -0.15) is 4.68 Å². The Morgan fingerprint density at radius 3 is 2.23 bits per heavy atom. The molecule has 0 aliphatic heterocycles. The van der Waals surface area contributed by atoms with Gasteiger partial charge in [-0.15, -0.1) is 5.10 Å². The molecule has 4 aromatic rings. The average Bonchev–Trinajstić information content (AvgIpc) is 3.32. The molecule has 0 amide bonds. The number of hydrogen-bond donors (Lipinski definition) is 0. The van der Waals surface area contributed by atoms with Crippen LogP contribution in [0.25, 0.3) is 22.4 Å². The summed E-state index contributed by atoms with van der Waals surface area (Å²) >= 11 is 0. The van der Waals surface area contributed by atoms with Crippen molar-refractivity contribution in [2.75, 3.05) is 14.1 Å². The van der Waals surface area contributed by atoms with Crippen molar-refractivity contribution in [1.29, 1.82) is 0 Å². The molecule has 0 bridgehead atoms. The van der Waals surface area contributed by atoms with Crippen LogP contribution in [0.3, 0.4) is 0 Å². The normalized spacial score (nSPS) is 12.0. The van der Waals surface area contributed by atoms with Gasteiger partial charge in [0.1, 0.15) is 0 Å². The molecule has 3 aromatic carbocycles. The van der Waals surface area contributed by atoms with Crippen LogP contribution in [0.5, 0.6) is 0 Å². The van der Waals surface area contributed by atoms with E-state index in [1.807, 2.05) is 74.4 Å². The first-order valence-electron chi connectivity index (χ1n) is 11.6.